The summed E-state index contributed by atoms with van der Waals surface area (Å²) in [4.78, 5) is 11.9. The van der Waals surface area contributed by atoms with E-state index >= 15 is 0 Å². The van der Waals surface area contributed by atoms with E-state index in [4.69, 9.17) is 4.74 Å². The lowest BCUT2D eigenvalue weighted by atomic mass is 9.77. The van der Waals surface area contributed by atoms with Crippen LogP contribution in [-0.4, -0.2) is 12.6 Å². The van der Waals surface area contributed by atoms with E-state index in [-0.39, 0.29) is 5.97 Å². The van der Waals surface area contributed by atoms with E-state index in [0.717, 1.165) is 18.3 Å². The predicted octanol–water partition coefficient (Wildman–Crippen LogP) is 8.47. The van der Waals surface area contributed by atoms with Crippen LogP contribution in [0.2, 0.25) is 0 Å². The van der Waals surface area contributed by atoms with E-state index in [1.165, 1.54) is 103 Å². The van der Waals surface area contributed by atoms with E-state index in [0.29, 0.717) is 18.9 Å². The zero-order valence-corrected chi connectivity index (χ0v) is 19.5. The quantitative estimate of drug-likeness (QED) is 0.183. The molecule has 0 unspecified atom stereocenters. The molecule has 0 amide bonds. The van der Waals surface area contributed by atoms with Crippen molar-refractivity contribution in [2.75, 3.05) is 6.61 Å². The summed E-state index contributed by atoms with van der Waals surface area (Å²) in [5.41, 5.74) is 0. The maximum Gasteiger partial charge on any atom is 0.305 e. The Balaban J connectivity index is 1.82. The van der Waals surface area contributed by atoms with Crippen molar-refractivity contribution in [2.24, 2.45) is 17.8 Å². The van der Waals surface area contributed by atoms with Crippen LogP contribution in [0.15, 0.2) is 0 Å². The number of rotatable bonds is 17. The first-order chi connectivity index (χ1) is 13.6. The molecule has 0 aromatic carbocycles. The van der Waals surface area contributed by atoms with Gasteiger partial charge in [0.05, 0.1) is 6.61 Å². The molecule has 0 atom stereocenters. The minimum atomic E-state index is 0.0362. The second-order valence-corrected chi connectivity index (χ2v) is 9.70. The van der Waals surface area contributed by atoms with Crippen LogP contribution in [0.5, 0.6) is 0 Å². The van der Waals surface area contributed by atoms with Gasteiger partial charge in [0.2, 0.25) is 0 Å². The Morgan fingerprint density at radius 3 is 1.68 bits per heavy atom. The van der Waals surface area contributed by atoms with Crippen molar-refractivity contribution in [3.8, 4) is 0 Å². The van der Waals surface area contributed by atoms with Gasteiger partial charge in [0.1, 0.15) is 0 Å². The van der Waals surface area contributed by atoms with Crippen molar-refractivity contribution in [2.45, 2.75) is 136 Å². The smallest absolute Gasteiger partial charge is 0.305 e. The van der Waals surface area contributed by atoms with Gasteiger partial charge in [-0.2, -0.15) is 0 Å². The summed E-state index contributed by atoms with van der Waals surface area (Å²) in [6.45, 7) is 7.62. The normalized spacial score (nSPS) is 19.9. The fourth-order valence-corrected chi connectivity index (χ4v) is 4.59. The topological polar surface area (TPSA) is 26.3 Å². The van der Waals surface area contributed by atoms with Crippen molar-refractivity contribution in [1.29, 1.82) is 0 Å². The van der Waals surface area contributed by atoms with Crippen molar-refractivity contribution >= 4 is 5.97 Å². The summed E-state index contributed by atoms with van der Waals surface area (Å²) in [5.74, 6) is 2.34. The number of carbonyl (C=O) groups is 1. The van der Waals surface area contributed by atoms with Crippen molar-refractivity contribution in [1.82, 2.24) is 0 Å². The van der Waals surface area contributed by atoms with Crippen molar-refractivity contribution in [3.05, 3.63) is 0 Å². The van der Waals surface area contributed by atoms with Gasteiger partial charge >= 0.3 is 5.97 Å². The Morgan fingerprint density at radius 2 is 1.21 bits per heavy atom. The minimum absolute atomic E-state index is 0.0362. The fraction of sp³-hybridized carbons (Fsp3) is 0.962. The van der Waals surface area contributed by atoms with E-state index in [1.54, 1.807) is 0 Å². The largest absolute Gasteiger partial charge is 0.465 e. The first-order valence-corrected chi connectivity index (χ1v) is 12.8. The second-order valence-electron chi connectivity index (χ2n) is 9.70. The average Bonchev–Trinajstić information content (AvgIpc) is 2.70. The highest BCUT2D eigenvalue weighted by Gasteiger charge is 2.23. The standard InChI is InChI=1S/C26H50O2/c1-4-5-6-7-8-9-10-11-12-13-14-15-16-17-26(27)28-22-24-18-20-25(21-19-24)23(2)3/h23-25H,4-22H2,1-3H3. The maximum absolute atomic E-state index is 11.9. The summed E-state index contributed by atoms with van der Waals surface area (Å²) in [5, 5.41) is 0. The lowest BCUT2D eigenvalue weighted by Gasteiger charge is -2.30. The van der Waals surface area contributed by atoms with Crippen LogP contribution in [0.4, 0.5) is 0 Å². The van der Waals surface area contributed by atoms with Crippen LogP contribution >= 0.6 is 0 Å². The first kappa shape index (κ1) is 25.5. The number of unbranched alkanes of at least 4 members (excludes halogenated alkanes) is 12. The monoisotopic (exact) mass is 394 g/mol. The molecule has 1 saturated carbocycles. The molecule has 0 spiro atoms. The predicted molar refractivity (Wildman–Crippen MR) is 122 cm³/mol. The zero-order valence-electron chi connectivity index (χ0n) is 19.5. The molecular formula is C26H50O2. The number of hydrogen-bond acceptors (Lipinski definition) is 2. The van der Waals surface area contributed by atoms with Gasteiger partial charge in [-0.3, -0.25) is 4.79 Å². The molecule has 2 heteroatoms. The number of esters is 1. The maximum atomic E-state index is 11.9. The van der Waals surface area contributed by atoms with Crippen LogP contribution in [-0.2, 0) is 9.53 Å². The molecular weight excluding hydrogens is 344 g/mol. The number of carbonyl (C=O) groups excluding carboxylic acids is 1. The minimum Gasteiger partial charge on any atom is -0.465 e. The molecule has 0 aliphatic heterocycles. The zero-order chi connectivity index (χ0) is 20.5. The Hall–Kier alpha value is -0.530. The third kappa shape index (κ3) is 13.6. The highest BCUT2D eigenvalue weighted by molar-refractivity contribution is 5.69. The van der Waals surface area contributed by atoms with Gasteiger partial charge in [0, 0.05) is 6.42 Å². The Bertz CT molecular complexity index is 355. The molecule has 28 heavy (non-hydrogen) atoms. The summed E-state index contributed by atoms with van der Waals surface area (Å²) in [6, 6.07) is 0. The summed E-state index contributed by atoms with van der Waals surface area (Å²) < 4.78 is 5.55. The van der Waals surface area contributed by atoms with E-state index in [9.17, 15) is 4.79 Å². The van der Waals surface area contributed by atoms with Gasteiger partial charge in [-0.1, -0.05) is 97.8 Å². The second kappa shape index (κ2) is 17.3. The molecule has 0 N–H and O–H groups in total. The molecule has 0 saturated heterocycles. The van der Waals surface area contributed by atoms with Gasteiger partial charge in [-0.05, 0) is 49.9 Å². The van der Waals surface area contributed by atoms with Gasteiger partial charge in [-0.25, -0.2) is 0 Å². The van der Waals surface area contributed by atoms with E-state index < -0.39 is 0 Å². The van der Waals surface area contributed by atoms with Crippen LogP contribution < -0.4 is 0 Å². The summed E-state index contributed by atoms with van der Waals surface area (Å²) in [6.07, 6.45) is 23.2. The van der Waals surface area contributed by atoms with Crippen molar-refractivity contribution < 1.29 is 9.53 Å². The Morgan fingerprint density at radius 1 is 0.750 bits per heavy atom. The van der Waals surface area contributed by atoms with E-state index in [1.807, 2.05) is 0 Å². The molecule has 1 aliphatic carbocycles. The van der Waals surface area contributed by atoms with Crippen molar-refractivity contribution in [3.63, 3.8) is 0 Å². The lowest BCUT2D eigenvalue weighted by molar-refractivity contribution is -0.145. The molecule has 0 aromatic rings. The summed E-state index contributed by atoms with van der Waals surface area (Å²) in [7, 11) is 0. The van der Waals surface area contributed by atoms with Crippen LogP contribution in [0, 0.1) is 17.8 Å². The lowest BCUT2D eigenvalue weighted by Crippen LogP contribution is -2.22. The van der Waals surface area contributed by atoms with Crippen LogP contribution in [0.3, 0.4) is 0 Å². The average molecular weight is 395 g/mol. The number of hydrogen-bond donors (Lipinski definition) is 0. The fourth-order valence-electron chi connectivity index (χ4n) is 4.59. The Kier molecular flexibility index (Phi) is 15.8. The van der Waals surface area contributed by atoms with Gasteiger partial charge in [-0.15, -0.1) is 0 Å². The van der Waals surface area contributed by atoms with Crippen LogP contribution in [0.1, 0.15) is 136 Å². The molecule has 2 nitrogen and oxygen atoms in total. The molecule has 166 valence electrons. The van der Waals surface area contributed by atoms with Gasteiger partial charge in [0.15, 0.2) is 0 Å². The molecule has 0 bridgehead atoms. The highest BCUT2D eigenvalue weighted by atomic mass is 16.5. The number of ether oxygens (including phenoxy) is 1. The van der Waals surface area contributed by atoms with Gasteiger partial charge in [0.25, 0.3) is 0 Å². The summed E-state index contributed by atoms with van der Waals surface area (Å²) >= 11 is 0. The third-order valence-electron chi connectivity index (χ3n) is 6.80. The molecule has 1 rings (SSSR count). The first-order valence-electron chi connectivity index (χ1n) is 12.8. The Labute approximate surface area is 176 Å². The van der Waals surface area contributed by atoms with E-state index in [2.05, 4.69) is 20.8 Å². The molecule has 1 fully saturated rings. The molecule has 0 radical (unpaired) electrons. The molecule has 0 aromatic heterocycles. The molecule has 1 aliphatic rings. The highest BCUT2D eigenvalue weighted by Crippen LogP contribution is 2.33. The molecule has 0 heterocycles. The third-order valence-corrected chi connectivity index (χ3v) is 6.80. The van der Waals surface area contributed by atoms with Gasteiger partial charge < -0.3 is 4.74 Å². The van der Waals surface area contributed by atoms with Crippen LogP contribution in [0.25, 0.3) is 0 Å². The SMILES string of the molecule is CCCCCCCCCCCCCCCC(=O)OCC1CCC(C(C)C)CC1.